The minimum Gasteiger partial charge on any atom is -0.325 e. The average molecular weight is 288 g/mol. The molecule has 1 aromatic heterocycles. The van der Waals surface area contributed by atoms with Crippen molar-refractivity contribution in [2.45, 2.75) is 6.54 Å². The molecule has 0 amide bonds. The first-order valence-electron chi connectivity index (χ1n) is 6.10. The van der Waals surface area contributed by atoms with Gasteiger partial charge in [0, 0.05) is 12.1 Å². The minimum absolute atomic E-state index is 0.224. The van der Waals surface area contributed by atoms with Crippen LogP contribution in [0.3, 0.4) is 0 Å². The monoisotopic (exact) mass is 287 g/mol. The summed E-state index contributed by atoms with van der Waals surface area (Å²) in [5, 5.41) is 0.510. The molecule has 0 aliphatic rings. The van der Waals surface area contributed by atoms with E-state index in [1.54, 1.807) is 18.2 Å². The van der Waals surface area contributed by atoms with Crippen molar-refractivity contribution in [3.63, 3.8) is 0 Å². The van der Waals surface area contributed by atoms with Crippen molar-refractivity contribution in [1.82, 2.24) is 9.97 Å². The molecule has 0 aliphatic carbocycles. The fraction of sp³-hybridized carbons (Fsp3) is 0.0667. The molecule has 3 rings (SSSR count). The van der Waals surface area contributed by atoms with Gasteiger partial charge in [-0.05, 0) is 24.3 Å². The van der Waals surface area contributed by atoms with Crippen molar-refractivity contribution in [3.8, 4) is 11.3 Å². The maximum absolute atomic E-state index is 13.4. The Balaban J connectivity index is 2.31. The maximum Gasteiger partial charge on any atom is 0.123 e. The van der Waals surface area contributed by atoms with E-state index in [2.05, 4.69) is 9.97 Å². The lowest BCUT2D eigenvalue weighted by molar-refractivity contribution is 0.628. The Bertz CT molecular complexity index is 789. The highest BCUT2D eigenvalue weighted by Gasteiger charge is 2.12. The number of hydrogen-bond donors (Lipinski definition) is 1. The Labute approximate surface area is 120 Å². The van der Waals surface area contributed by atoms with Crippen molar-refractivity contribution in [1.29, 1.82) is 0 Å². The number of benzene rings is 2. The van der Waals surface area contributed by atoms with E-state index >= 15 is 0 Å². The highest BCUT2D eigenvalue weighted by Crippen LogP contribution is 2.27. The van der Waals surface area contributed by atoms with Crippen LogP contribution in [-0.4, -0.2) is 9.97 Å². The van der Waals surface area contributed by atoms with Gasteiger partial charge in [-0.25, -0.2) is 14.4 Å². The van der Waals surface area contributed by atoms with Crippen LogP contribution in [0.1, 0.15) is 5.69 Å². The van der Waals surface area contributed by atoms with E-state index in [0.717, 1.165) is 0 Å². The molecule has 2 N–H and O–H groups in total. The highest BCUT2D eigenvalue weighted by atomic mass is 35.5. The van der Waals surface area contributed by atoms with Crippen LogP contribution in [0, 0.1) is 5.82 Å². The van der Waals surface area contributed by atoms with Crippen molar-refractivity contribution in [2.75, 3.05) is 0 Å². The Morgan fingerprint density at radius 2 is 1.90 bits per heavy atom. The van der Waals surface area contributed by atoms with Crippen LogP contribution in [0.15, 0.2) is 42.5 Å². The molecule has 20 heavy (non-hydrogen) atoms. The molecule has 5 heteroatoms. The molecule has 0 spiro atoms. The average Bonchev–Trinajstić information content (AvgIpc) is 2.46. The van der Waals surface area contributed by atoms with E-state index < -0.39 is 0 Å². The molecule has 0 atom stereocenters. The summed E-state index contributed by atoms with van der Waals surface area (Å²) in [6.07, 6.45) is 0. The van der Waals surface area contributed by atoms with Crippen LogP contribution in [0.5, 0.6) is 0 Å². The van der Waals surface area contributed by atoms with Gasteiger partial charge in [-0.3, -0.25) is 0 Å². The van der Waals surface area contributed by atoms with E-state index in [0.29, 0.717) is 33.0 Å². The SMILES string of the molecule is NCc1nc2cccc(Cl)c2nc1-c1cccc(F)c1. The number of para-hydroxylation sites is 1. The van der Waals surface area contributed by atoms with Gasteiger partial charge in [0.25, 0.3) is 0 Å². The molecule has 0 unspecified atom stereocenters. The molecule has 3 aromatic rings. The number of halogens is 2. The first kappa shape index (κ1) is 13.0. The molecule has 3 nitrogen and oxygen atoms in total. The fourth-order valence-electron chi connectivity index (χ4n) is 2.09. The van der Waals surface area contributed by atoms with Gasteiger partial charge >= 0.3 is 0 Å². The first-order chi connectivity index (χ1) is 9.69. The van der Waals surface area contributed by atoms with E-state index in [4.69, 9.17) is 17.3 Å². The number of rotatable bonds is 2. The molecule has 0 fully saturated rings. The predicted molar refractivity (Wildman–Crippen MR) is 77.8 cm³/mol. The third kappa shape index (κ3) is 2.24. The molecule has 0 radical (unpaired) electrons. The first-order valence-corrected chi connectivity index (χ1v) is 6.48. The number of nitrogens with zero attached hydrogens (tertiary/aromatic N) is 2. The van der Waals surface area contributed by atoms with Gasteiger partial charge in [0.15, 0.2) is 0 Å². The number of aromatic nitrogens is 2. The molecule has 0 saturated heterocycles. The smallest absolute Gasteiger partial charge is 0.123 e. The molecule has 1 heterocycles. The standard InChI is InChI=1S/C15H11ClFN3/c16-11-5-2-6-12-15(11)20-14(13(8-18)19-12)9-3-1-4-10(17)7-9/h1-7H,8,18H2. The van der Waals surface area contributed by atoms with Crippen molar-refractivity contribution < 1.29 is 4.39 Å². The van der Waals surface area contributed by atoms with Crippen LogP contribution in [0.2, 0.25) is 5.02 Å². The number of hydrogen-bond acceptors (Lipinski definition) is 3. The summed E-state index contributed by atoms with van der Waals surface area (Å²) in [5.74, 6) is -0.327. The summed E-state index contributed by atoms with van der Waals surface area (Å²) in [6, 6.07) is 11.6. The van der Waals surface area contributed by atoms with E-state index in [-0.39, 0.29) is 12.4 Å². The zero-order valence-corrected chi connectivity index (χ0v) is 11.2. The Kier molecular flexibility index (Phi) is 3.34. The predicted octanol–water partition coefficient (Wildman–Crippen LogP) is 3.55. The molecule has 0 aliphatic heterocycles. The van der Waals surface area contributed by atoms with Gasteiger partial charge < -0.3 is 5.73 Å². The van der Waals surface area contributed by atoms with E-state index in [9.17, 15) is 4.39 Å². The minimum atomic E-state index is -0.327. The number of fused-ring (bicyclic) bond motifs is 1. The maximum atomic E-state index is 13.4. The second-order valence-electron chi connectivity index (χ2n) is 4.34. The van der Waals surface area contributed by atoms with E-state index in [1.165, 1.54) is 12.1 Å². The van der Waals surface area contributed by atoms with Gasteiger partial charge in [-0.15, -0.1) is 0 Å². The number of nitrogens with two attached hydrogens (primary N) is 1. The Hall–Kier alpha value is -2.04. The Morgan fingerprint density at radius 3 is 2.65 bits per heavy atom. The van der Waals surface area contributed by atoms with Gasteiger partial charge in [0.2, 0.25) is 0 Å². The quantitative estimate of drug-likeness (QED) is 0.784. The summed E-state index contributed by atoms with van der Waals surface area (Å²) in [6.45, 7) is 0.224. The Morgan fingerprint density at radius 1 is 1.10 bits per heavy atom. The zero-order valence-electron chi connectivity index (χ0n) is 10.5. The highest BCUT2D eigenvalue weighted by molar-refractivity contribution is 6.34. The van der Waals surface area contributed by atoms with Crippen LogP contribution in [0.4, 0.5) is 4.39 Å². The van der Waals surface area contributed by atoms with Crippen LogP contribution in [0.25, 0.3) is 22.3 Å². The lowest BCUT2D eigenvalue weighted by Gasteiger charge is -2.09. The summed E-state index contributed by atoms with van der Waals surface area (Å²) in [5.41, 5.74) is 8.81. The molecular weight excluding hydrogens is 277 g/mol. The third-order valence-corrected chi connectivity index (χ3v) is 3.31. The van der Waals surface area contributed by atoms with Crippen LogP contribution < -0.4 is 5.73 Å². The molecule has 2 aromatic carbocycles. The van der Waals surface area contributed by atoms with Crippen LogP contribution in [-0.2, 0) is 6.54 Å². The molecule has 0 saturated carbocycles. The molecule has 100 valence electrons. The second-order valence-corrected chi connectivity index (χ2v) is 4.75. The van der Waals surface area contributed by atoms with Gasteiger partial charge in [0.05, 0.1) is 21.9 Å². The van der Waals surface area contributed by atoms with Gasteiger partial charge in [0.1, 0.15) is 11.3 Å². The third-order valence-electron chi connectivity index (χ3n) is 3.01. The van der Waals surface area contributed by atoms with Crippen molar-refractivity contribution in [2.24, 2.45) is 5.73 Å². The zero-order chi connectivity index (χ0) is 14.1. The van der Waals surface area contributed by atoms with E-state index in [1.807, 2.05) is 12.1 Å². The molecular formula is C15H11ClFN3. The fourth-order valence-corrected chi connectivity index (χ4v) is 2.30. The normalized spacial score (nSPS) is 10.9. The second kappa shape index (κ2) is 5.15. The van der Waals surface area contributed by atoms with Gasteiger partial charge in [-0.2, -0.15) is 0 Å². The van der Waals surface area contributed by atoms with Crippen molar-refractivity contribution in [3.05, 3.63) is 59.0 Å². The summed E-state index contributed by atoms with van der Waals surface area (Å²) in [4.78, 5) is 8.98. The largest absolute Gasteiger partial charge is 0.325 e. The lowest BCUT2D eigenvalue weighted by atomic mass is 10.1. The summed E-state index contributed by atoms with van der Waals surface area (Å²) < 4.78 is 13.4. The summed E-state index contributed by atoms with van der Waals surface area (Å²) >= 11 is 6.14. The topological polar surface area (TPSA) is 51.8 Å². The van der Waals surface area contributed by atoms with Crippen molar-refractivity contribution >= 4 is 22.6 Å². The van der Waals surface area contributed by atoms with Gasteiger partial charge in [-0.1, -0.05) is 29.8 Å². The van der Waals surface area contributed by atoms with Crippen LogP contribution >= 0.6 is 11.6 Å². The summed E-state index contributed by atoms with van der Waals surface area (Å²) in [7, 11) is 0. The molecule has 0 bridgehead atoms. The lowest BCUT2D eigenvalue weighted by Crippen LogP contribution is -2.05.